The van der Waals surface area contributed by atoms with Gasteiger partial charge in [-0.2, -0.15) is 0 Å². The molecule has 1 nitrogen and oxygen atoms in total. The minimum atomic E-state index is 0.865. The van der Waals surface area contributed by atoms with Gasteiger partial charge in [0, 0.05) is 6.04 Å². The van der Waals surface area contributed by atoms with Gasteiger partial charge >= 0.3 is 0 Å². The van der Waals surface area contributed by atoms with Gasteiger partial charge in [-0.3, -0.25) is 0 Å². The van der Waals surface area contributed by atoms with Crippen molar-refractivity contribution in [3.63, 3.8) is 0 Å². The maximum atomic E-state index is 3.73. The summed E-state index contributed by atoms with van der Waals surface area (Å²) < 4.78 is 0. The van der Waals surface area contributed by atoms with Crippen molar-refractivity contribution in [1.29, 1.82) is 0 Å². The molecule has 2 aliphatic carbocycles. The smallest absolute Gasteiger partial charge is 0.00722 e. The van der Waals surface area contributed by atoms with Crippen molar-refractivity contribution < 1.29 is 0 Å². The standard InChI is InChI=1S/C13H25N/c1-10-3-5-12(6-4-10)9-14-13-7-11(2)8-13/h10-14H,3-9H2,1-2H3. The summed E-state index contributed by atoms with van der Waals surface area (Å²) in [4.78, 5) is 0. The fraction of sp³-hybridized carbons (Fsp3) is 1.00. The Morgan fingerprint density at radius 3 is 2.14 bits per heavy atom. The van der Waals surface area contributed by atoms with E-state index in [4.69, 9.17) is 0 Å². The zero-order valence-corrected chi connectivity index (χ0v) is 9.76. The second-order valence-electron chi connectivity index (χ2n) is 5.81. The molecule has 2 rings (SSSR count). The topological polar surface area (TPSA) is 12.0 Å². The van der Waals surface area contributed by atoms with Gasteiger partial charge in [-0.05, 0) is 50.0 Å². The van der Waals surface area contributed by atoms with Crippen LogP contribution in [0.15, 0.2) is 0 Å². The van der Waals surface area contributed by atoms with Gasteiger partial charge in [0.1, 0.15) is 0 Å². The van der Waals surface area contributed by atoms with Gasteiger partial charge in [-0.1, -0.05) is 26.7 Å². The van der Waals surface area contributed by atoms with E-state index in [0.29, 0.717) is 0 Å². The Bertz CT molecular complexity index is 164. The third-order valence-electron chi connectivity index (χ3n) is 4.20. The predicted molar refractivity (Wildman–Crippen MR) is 61.3 cm³/mol. The molecule has 1 heteroatoms. The quantitative estimate of drug-likeness (QED) is 0.729. The first kappa shape index (κ1) is 10.5. The van der Waals surface area contributed by atoms with Crippen molar-refractivity contribution in [2.45, 2.75) is 58.4 Å². The summed E-state index contributed by atoms with van der Waals surface area (Å²) in [5.74, 6) is 2.97. The Balaban J connectivity index is 1.57. The SMILES string of the molecule is CC1CCC(CNC2CC(C)C2)CC1. The first-order chi connectivity index (χ1) is 6.74. The molecular formula is C13H25N. The van der Waals surface area contributed by atoms with Crippen LogP contribution in [0.1, 0.15) is 52.4 Å². The summed E-state index contributed by atoms with van der Waals surface area (Å²) in [6.07, 6.45) is 8.71. The minimum Gasteiger partial charge on any atom is -0.314 e. The molecule has 0 spiro atoms. The number of rotatable bonds is 3. The number of hydrogen-bond donors (Lipinski definition) is 1. The molecule has 0 aromatic rings. The van der Waals surface area contributed by atoms with E-state index < -0.39 is 0 Å². The van der Waals surface area contributed by atoms with Crippen LogP contribution in [0.5, 0.6) is 0 Å². The van der Waals surface area contributed by atoms with Crippen molar-refractivity contribution in [2.24, 2.45) is 17.8 Å². The Kier molecular flexibility index (Phi) is 3.48. The van der Waals surface area contributed by atoms with Crippen molar-refractivity contribution in [1.82, 2.24) is 5.32 Å². The molecule has 0 amide bonds. The molecule has 82 valence electrons. The van der Waals surface area contributed by atoms with Crippen LogP contribution in [0.4, 0.5) is 0 Å². The van der Waals surface area contributed by atoms with Crippen LogP contribution in [-0.4, -0.2) is 12.6 Å². The predicted octanol–water partition coefficient (Wildman–Crippen LogP) is 3.20. The molecule has 0 bridgehead atoms. The lowest BCUT2D eigenvalue weighted by atomic mass is 9.80. The lowest BCUT2D eigenvalue weighted by Crippen LogP contribution is -2.42. The molecule has 2 saturated carbocycles. The van der Waals surface area contributed by atoms with Crippen molar-refractivity contribution in [2.75, 3.05) is 6.54 Å². The van der Waals surface area contributed by atoms with Gasteiger partial charge < -0.3 is 5.32 Å². The normalized spacial score (nSPS) is 43.3. The van der Waals surface area contributed by atoms with E-state index in [-0.39, 0.29) is 0 Å². The Hall–Kier alpha value is -0.0400. The van der Waals surface area contributed by atoms with E-state index in [2.05, 4.69) is 19.2 Å². The van der Waals surface area contributed by atoms with Crippen LogP contribution in [0.3, 0.4) is 0 Å². The highest BCUT2D eigenvalue weighted by atomic mass is 14.9. The zero-order valence-electron chi connectivity index (χ0n) is 9.76. The molecule has 0 saturated heterocycles. The summed E-state index contributed by atoms with van der Waals surface area (Å²) >= 11 is 0. The summed E-state index contributed by atoms with van der Waals surface area (Å²) in [6.45, 7) is 6.06. The van der Waals surface area contributed by atoms with Crippen LogP contribution in [0.2, 0.25) is 0 Å². The number of hydrogen-bond acceptors (Lipinski definition) is 1. The van der Waals surface area contributed by atoms with E-state index in [1.54, 1.807) is 0 Å². The zero-order chi connectivity index (χ0) is 9.97. The van der Waals surface area contributed by atoms with Crippen LogP contribution >= 0.6 is 0 Å². The fourth-order valence-corrected chi connectivity index (χ4v) is 2.94. The molecule has 0 atom stereocenters. The van der Waals surface area contributed by atoms with Crippen molar-refractivity contribution in [3.8, 4) is 0 Å². The minimum absolute atomic E-state index is 0.865. The van der Waals surface area contributed by atoms with E-state index >= 15 is 0 Å². The highest BCUT2D eigenvalue weighted by molar-refractivity contribution is 4.83. The van der Waals surface area contributed by atoms with E-state index in [9.17, 15) is 0 Å². The first-order valence-electron chi connectivity index (χ1n) is 6.47. The molecule has 0 radical (unpaired) electrons. The highest BCUT2D eigenvalue weighted by Crippen LogP contribution is 2.30. The molecule has 1 N–H and O–H groups in total. The molecule has 0 aromatic carbocycles. The summed E-state index contributed by atoms with van der Waals surface area (Å²) in [7, 11) is 0. The second kappa shape index (κ2) is 4.65. The monoisotopic (exact) mass is 195 g/mol. The molecule has 0 heterocycles. The Morgan fingerprint density at radius 2 is 1.57 bits per heavy atom. The van der Waals surface area contributed by atoms with Crippen LogP contribution in [-0.2, 0) is 0 Å². The van der Waals surface area contributed by atoms with Crippen molar-refractivity contribution in [3.05, 3.63) is 0 Å². The Morgan fingerprint density at radius 1 is 0.929 bits per heavy atom. The summed E-state index contributed by atoms with van der Waals surface area (Å²) in [6, 6.07) is 0.865. The van der Waals surface area contributed by atoms with E-state index in [0.717, 1.165) is 23.8 Å². The van der Waals surface area contributed by atoms with Gasteiger partial charge in [0.25, 0.3) is 0 Å². The average Bonchev–Trinajstić information content (AvgIpc) is 2.13. The van der Waals surface area contributed by atoms with Gasteiger partial charge in [0.05, 0.1) is 0 Å². The molecule has 2 fully saturated rings. The van der Waals surface area contributed by atoms with Crippen LogP contribution in [0.25, 0.3) is 0 Å². The van der Waals surface area contributed by atoms with Gasteiger partial charge in [-0.25, -0.2) is 0 Å². The highest BCUT2D eigenvalue weighted by Gasteiger charge is 2.26. The van der Waals surface area contributed by atoms with E-state index in [1.165, 1.54) is 45.1 Å². The van der Waals surface area contributed by atoms with E-state index in [1.807, 2.05) is 0 Å². The molecule has 0 aromatic heterocycles. The Labute approximate surface area is 88.7 Å². The molecule has 0 aliphatic heterocycles. The fourth-order valence-electron chi connectivity index (χ4n) is 2.94. The lowest BCUT2D eigenvalue weighted by Gasteiger charge is -2.35. The van der Waals surface area contributed by atoms with Crippen LogP contribution in [0, 0.1) is 17.8 Å². The van der Waals surface area contributed by atoms with Gasteiger partial charge in [0.15, 0.2) is 0 Å². The average molecular weight is 195 g/mol. The lowest BCUT2D eigenvalue weighted by molar-refractivity contribution is 0.211. The largest absolute Gasteiger partial charge is 0.314 e. The molecular weight excluding hydrogens is 170 g/mol. The molecule has 14 heavy (non-hydrogen) atoms. The first-order valence-corrected chi connectivity index (χ1v) is 6.47. The third kappa shape index (κ3) is 2.73. The number of nitrogens with one attached hydrogen (secondary N) is 1. The van der Waals surface area contributed by atoms with Crippen molar-refractivity contribution >= 4 is 0 Å². The van der Waals surface area contributed by atoms with Gasteiger partial charge in [0.2, 0.25) is 0 Å². The summed E-state index contributed by atoms with van der Waals surface area (Å²) in [5, 5.41) is 3.73. The maximum Gasteiger partial charge on any atom is 0.00722 e. The molecule has 0 unspecified atom stereocenters. The third-order valence-corrected chi connectivity index (χ3v) is 4.20. The van der Waals surface area contributed by atoms with Gasteiger partial charge in [-0.15, -0.1) is 0 Å². The second-order valence-corrected chi connectivity index (χ2v) is 5.81. The van der Waals surface area contributed by atoms with Crippen LogP contribution < -0.4 is 5.32 Å². The maximum absolute atomic E-state index is 3.73. The summed E-state index contributed by atoms with van der Waals surface area (Å²) in [5.41, 5.74) is 0. The molecule has 2 aliphatic rings.